The molecule has 0 saturated carbocycles. The third-order valence-electron chi connectivity index (χ3n) is 2.54. The van der Waals surface area contributed by atoms with Gasteiger partial charge in [0.15, 0.2) is 0 Å². The SMILES string of the molecule is CC[C@@H](CO)NC1CCOC1C. The molecule has 3 nitrogen and oxygen atoms in total. The fourth-order valence-corrected chi connectivity index (χ4v) is 1.55. The van der Waals surface area contributed by atoms with E-state index < -0.39 is 0 Å². The molecule has 3 heteroatoms. The number of ether oxygens (including phenoxy) is 1. The van der Waals surface area contributed by atoms with Gasteiger partial charge in [0.2, 0.25) is 0 Å². The van der Waals surface area contributed by atoms with E-state index in [0.717, 1.165) is 19.4 Å². The number of nitrogens with one attached hydrogen (secondary N) is 1. The van der Waals surface area contributed by atoms with Gasteiger partial charge in [-0.05, 0) is 19.8 Å². The van der Waals surface area contributed by atoms with Crippen LogP contribution in [0.2, 0.25) is 0 Å². The topological polar surface area (TPSA) is 41.5 Å². The highest BCUT2D eigenvalue weighted by atomic mass is 16.5. The first kappa shape index (κ1) is 9.96. The van der Waals surface area contributed by atoms with Crippen LogP contribution >= 0.6 is 0 Å². The Bertz CT molecular complexity index is 126. The van der Waals surface area contributed by atoms with E-state index in [1.807, 2.05) is 0 Å². The summed E-state index contributed by atoms with van der Waals surface area (Å²) in [6, 6.07) is 0.668. The summed E-state index contributed by atoms with van der Waals surface area (Å²) in [5.41, 5.74) is 0. The lowest BCUT2D eigenvalue weighted by atomic mass is 10.1. The molecule has 3 atom stereocenters. The second kappa shape index (κ2) is 4.80. The van der Waals surface area contributed by atoms with Gasteiger partial charge in [-0.1, -0.05) is 6.92 Å². The minimum Gasteiger partial charge on any atom is -0.395 e. The molecule has 2 unspecified atom stereocenters. The van der Waals surface area contributed by atoms with Gasteiger partial charge < -0.3 is 15.2 Å². The molecule has 0 aromatic carbocycles. The van der Waals surface area contributed by atoms with Crippen LogP contribution in [0.15, 0.2) is 0 Å². The summed E-state index contributed by atoms with van der Waals surface area (Å²) >= 11 is 0. The molecular weight excluding hydrogens is 154 g/mol. The molecule has 1 aliphatic heterocycles. The molecule has 1 heterocycles. The molecule has 2 N–H and O–H groups in total. The van der Waals surface area contributed by atoms with Crippen molar-refractivity contribution < 1.29 is 9.84 Å². The molecule has 0 aromatic heterocycles. The number of aliphatic hydroxyl groups excluding tert-OH is 1. The van der Waals surface area contributed by atoms with Crippen LogP contribution in [0, 0.1) is 0 Å². The summed E-state index contributed by atoms with van der Waals surface area (Å²) in [6.07, 6.45) is 2.34. The smallest absolute Gasteiger partial charge is 0.0700 e. The summed E-state index contributed by atoms with van der Waals surface area (Å²) < 4.78 is 5.41. The molecule has 1 rings (SSSR count). The molecule has 0 spiro atoms. The largest absolute Gasteiger partial charge is 0.395 e. The van der Waals surface area contributed by atoms with Crippen molar-refractivity contribution in [3.8, 4) is 0 Å². The molecule has 72 valence electrons. The minimum atomic E-state index is 0.222. The average Bonchev–Trinajstić information content (AvgIpc) is 2.47. The number of hydrogen-bond donors (Lipinski definition) is 2. The molecule has 1 fully saturated rings. The molecule has 0 bridgehead atoms. The van der Waals surface area contributed by atoms with Crippen molar-refractivity contribution >= 4 is 0 Å². The molecule has 0 aromatic rings. The highest BCUT2D eigenvalue weighted by Crippen LogP contribution is 2.13. The quantitative estimate of drug-likeness (QED) is 0.651. The zero-order chi connectivity index (χ0) is 8.97. The molecule has 1 aliphatic rings. The van der Waals surface area contributed by atoms with E-state index in [0.29, 0.717) is 12.1 Å². The van der Waals surface area contributed by atoms with Crippen molar-refractivity contribution in [1.29, 1.82) is 0 Å². The summed E-state index contributed by atoms with van der Waals surface area (Å²) in [6.45, 7) is 5.23. The fraction of sp³-hybridized carbons (Fsp3) is 1.00. The first-order valence-corrected chi connectivity index (χ1v) is 4.76. The monoisotopic (exact) mass is 173 g/mol. The minimum absolute atomic E-state index is 0.222. The lowest BCUT2D eigenvalue weighted by Crippen LogP contribution is -2.43. The van der Waals surface area contributed by atoms with E-state index in [-0.39, 0.29) is 12.6 Å². The first-order chi connectivity index (χ1) is 5.77. The molecular formula is C9H19NO2. The van der Waals surface area contributed by atoms with Gasteiger partial charge in [0, 0.05) is 18.7 Å². The van der Waals surface area contributed by atoms with Gasteiger partial charge in [-0.2, -0.15) is 0 Å². The van der Waals surface area contributed by atoms with Gasteiger partial charge in [-0.3, -0.25) is 0 Å². The molecule has 0 aliphatic carbocycles. The summed E-state index contributed by atoms with van der Waals surface area (Å²) in [7, 11) is 0. The zero-order valence-corrected chi connectivity index (χ0v) is 7.92. The highest BCUT2D eigenvalue weighted by Gasteiger charge is 2.25. The first-order valence-electron chi connectivity index (χ1n) is 4.76. The van der Waals surface area contributed by atoms with Crippen LogP contribution in [-0.2, 0) is 4.74 Å². The molecule has 1 saturated heterocycles. The fourth-order valence-electron chi connectivity index (χ4n) is 1.55. The van der Waals surface area contributed by atoms with Crippen LogP contribution in [0.3, 0.4) is 0 Å². The number of aliphatic hydroxyl groups is 1. The molecule has 0 amide bonds. The van der Waals surface area contributed by atoms with E-state index in [2.05, 4.69) is 19.2 Å². The van der Waals surface area contributed by atoms with Gasteiger partial charge in [-0.15, -0.1) is 0 Å². The second-order valence-electron chi connectivity index (χ2n) is 3.43. The van der Waals surface area contributed by atoms with Gasteiger partial charge >= 0.3 is 0 Å². The van der Waals surface area contributed by atoms with Crippen LogP contribution in [-0.4, -0.2) is 36.5 Å². The van der Waals surface area contributed by atoms with Crippen molar-refractivity contribution in [2.75, 3.05) is 13.2 Å². The van der Waals surface area contributed by atoms with E-state index in [1.165, 1.54) is 0 Å². The molecule has 12 heavy (non-hydrogen) atoms. The maximum Gasteiger partial charge on any atom is 0.0700 e. The van der Waals surface area contributed by atoms with Crippen molar-refractivity contribution in [1.82, 2.24) is 5.32 Å². The lowest BCUT2D eigenvalue weighted by Gasteiger charge is -2.21. The maximum absolute atomic E-state index is 8.97. The van der Waals surface area contributed by atoms with Crippen LogP contribution < -0.4 is 5.32 Å². The van der Waals surface area contributed by atoms with Crippen molar-refractivity contribution in [3.05, 3.63) is 0 Å². The normalized spacial score (nSPS) is 32.2. The summed E-state index contributed by atoms with van der Waals surface area (Å²) in [4.78, 5) is 0. The number of hydrogen-bond acceptors (Lipinski definition) is 3. The Morgan fingerprint density at radius 1 is 1.67 bits per heavy atom. The van der Waals surface area contributed by atoms with Crippen LogP contribution in [0.4, 0.5) is 0 Å². The predicted octanol–water partition coefficient (Wildman–Crippen LogP) is 0.524. The Balaban J connectivity index is 2.28. The van der Waals surface area contributed by atoms with Gasteiger partial charge in [0.05, 0.1) is 12.7 Å². The van der Waals surface area contributed by atoms with E-state index in [1.54, 1.807) is 0 Å². The van der Waals surface area contributed by atoms with Crippen molar-refractivity contribution in [2.24, 2.45) is 0 Å². The van der Waals surface area contributed by atoms with Gasteiger partial charge in [-0.25, -0.2) is 0 Å². The van der Waals surface area contributed by atoms with Crippen molar-refractivity contribution in [2.45, 2.75) is 44.9 Å². The number of rotatable bonds is 4. The summed E-state index contributed by atoms with van der Waals surface area (Å²) in [5.74, 6) is 0. The van der Waals surface area contributed by atoms with E-state index >= 15 is 0 Å². The van der Waals surface area contributed by atoms with Crippen LogP contribution in [0.5, 0.6) is 0 Å². The Kier molecular flexibility index (Phi) is 3.98. The molecule has 0 radical (unpaired) electrons. The van der Waals surface area contributed by atoms with Crippen molar-refractivity contribution in [3.63, 3.8) is 0 Å². The highest BCUT2D eigenvalue weighted by molar-refractivity contribution is 4.82. The third-order valence-corrected chi connectivity index (χ3v) is 2.54. The van der Waals surface area contributed by atoms with Crippen LogP contribution in [0.1, 0.15) is 26.7 Å². The van der Waals surface area contributed by atoms with E-state index in [9.17, 15) is 0 Å². The maximum atomic E-state index is 8.97. The Hall–Kier alpha value is -0.120. The zero-order valence-electron chi connectivity index (χ0n) is 7.92. The van der Waals surface area contributed by atoms with Gasteiger partial charge in [0.1, 0.15) is 0 Å². The predicted molar refractivity (Wildman–Crippen MR) is 48.1 cm³/mol. The van der Waals surface area contributed by atoms with E-state index in [4.69, 9.17) is 9.84 Å². The van der Waals surface area contributed by atoms with Crippen LogP contribution in [0.25, 0.3) is 0 Å². The third kappa shape index (κ3) is 2.44. The average molecular weight is 173 g/mol. The Morgan fingerprint density at radius 2 is 2.42 bits per heavy atom. The Morgan fingerprint density at radius 3 is 2.83 bits per heavy atom. The second-order valence-corrected chi connectivity index (χ2v) is 3.43. The Labute approximate surface area is 74.1 Å². The lowest BCUT2D eigenvalue weighted by molar-refractivity contribution is 0.107. The standard InChI is InChI=1S/C9H19NO2/c1-3-8(6-11)10-9-4-5-12-7(9)2/h7-11H,3-6H2,1-2H3/t7?,8-,9?/m0/s1. The summed E-state index contributed by atoms with van der Waals surface area (Å²) in [5, 5.41) is 12.4. The van der Waals surface area contributed by atoms with Gasteiger partial charge in [0.25, 0.3) is 0 Å².